The van der Waals surface area contributed by atoms with Crippen LogP contribution >= 0.6 is 11.6 Å². The molecular weight excluding hydrogens is 202 g/mol. The molecule has 76 valence electrons. The van der Waals surface area contributed by atoms with Gasteiger partial charge in [-0.25, -0.2) is 0 Å². The maximum atomic E-state index is 6.09. The highest BCUT2D eigenvalue weighted by atomic mass is 35.5. The van der Waals surface area contributed by atoms with Gasteiger partial charge in [0.2, 0.25) is 0 Å². The van der Waals surface area contributed by atoms with Crippen LogP contribution in [-0.4, -0.2) is 13.7 Å². The molecule has 0 aliphatic carbocycles. The SMILES string of the molecule is COc1ccc2c(c1Cl)OCC[C@@H]2N. The Hall–Kier alpha value is -0.930. The van der Waals surface area contributed by atoms with Crippen LogP contribution in [0.3, 0.4) is 0 Å². The van der Waals surface area contributed by atoms with Gasteiger partial charge in [-0.1, -0.05) is 11.6 Å². The Bertz CT molecular complexity index is 354. The van der Waals surface area contributed by atoms with Gasteiger partial charge < -0.3 is 15.2 Å². The molecule has 0 saturated carbocycles. The van der Waals surface area contributed by atoms with E-state index in [1.807, 2.05) is 12.1 Å². The van der Waals surface area contributed by atoms with Gasteiger partial charge in [0, 0.05) is 18.0 Å². The van der Waals surface area contributed by atoms with E-state index in [-0.39, 0.29) is 6.04 Å². The van der Waals surface area contributed by atoms with E-state index < -0.39 is 0 Å². The van der Waals surface area contributed by atoms with E-state index in [4.69, 9.17) is 26.8 Å². The molecule has 0 radical (unpaired) electrons. The van der Waals surface area contributed by atoms with Crippen LogP contribution in [-0.2, 0) is 0 Å². The number of rotatable bonds is 1. The lowest BCUT2D eigenvalue weighted by atomic mass is 10.0. The maximum Gasteiger partial charge on any atom is 0.146 e. The number of nitrogens with two attached hydrogens (primary N) is 1. The lowest BCUT2D eigenvalue weighted by molar-refractivity contribution is 0.267. The zero-order valence-electron chi connectivity index (χ0n) is 7.92. The molecule has 3 nitrogen and oxygen atoms in total. The van der Waals surface area contributed by atoms with Crippen molar-refractivity contribution in [1.29, 1.82) is 0 Å². The lowest BCUT2D eigenvalue weighted by Crippen LogP contribution is -2.20. The zero-order chi connectivity index (χ0) is 10.1. The number of halogens is 1. The molecule has 4 heteroatoms. The molecule has 1 aromatic carbocycles. The molecule has 14 heavy (non-hydrogen) atoms. The Morgan fingerprint density at radius 1 is 1.57 bits per heavy atom. The molecule has 0 bridgehead atoms. The van der Waals surface area contributed by atoms with Crippen LogP contribution in [0.5, 0.6) is 11.5 Å². The molecule has 2 rings (SSSR count). The van der Waals surface area contributed by atoms with E-state index in [2.05, 4.69) is 0 Å². The first-order valence-electron chi connectivity index (χ1n) is 4.49. The van der Waals surface area contributed by atoms with Gasteiger partial charge in [0.05, 0.1) is 13.7 Å². The van der Waals surface area contributed by atoms with Crippen molar-refractivity contribution < 1.29 is 9.47 Å². The molecule has 1 aromatic rings. The summed E-state index contributed by atoms with van der Waals surface area (Å²) in [4.78, 5) is 0. The van der Waals surface area contributed by atoms with Crippen molar-refractivity contribution in [2.24, 2.45) is 5.73 Å². The van der Waals surface area contributed by atoms with E-state index in [9.17, 15) is 0 Å². The average molecular weight is 214 g/mol. The first kappa shape index (κ1) is 9.62. The number of methoxy groups -OCH3 is 1. The van der Waals surface area contributed by atoms with Crippen molar-refractivity contribution in [2.45, 2.75) is 12.5 Å². The number of ether oxygens (including phenoxy) is 2. The van der Waals surface area contributed by atoms with Gasteiger partial charge in [0.25, 0.3) is 0 Å². The summed E-state index contributed by atoms with van der Waals surface area (Å²) in [5.74, 6) is 1.30. The number of benzene rings is 1. The highest BCUT2D eigenvalue weighted by Gasteiger charge is 2.22. The molecule has 0 fully saturated rings. The molecular formula is C10H12ClNO2. The van der Waals surface area contributed by atoms with Crippen molar-refractivity contribution in [3.8, 4) is 11.5 Å². The van der Waals surface area contributed by atoms with Crippen molar-refractivity contribution in [1.82, 2.24) is 0 Å². The zero-order valence-corrected chi connectivity index (χ0v) is 8.67. The van der Waals surface area contributed by atoms with Gasteiger partial charge in [-0.05, 0) is 12.1 Å². The summed E-state index contributed by atoms with van der Waals surface area (Å²) in [5, 5.41) is 0.514. The monoisotopic (exact) mass is 213 g/mol. The first-order chi connectivity index (χ1) is 6.74. The predicted molar refractivity (Wildman–Crippen MR) is 55.0 cm³/mol. The third-order valence-corrected chi connectivity index (χ3v) is 2.74. The minimum Gasteiger partial charge on any atom is -0.495 e. The van der Waals surface area contributed by atoms with E-state index in [1.54, 1.807) is 7.11 Å². The van der Waals surface area contributed by atoms with Crippen LogP contribution < -0.4 is 15.2 Å². The largest absolute Gasteiger partial charge is 0.495 e. The van der Waals surface area contributed by atoms with E-state index in [1.165, 1.54) is 0 Å². The summed E-state index contributed by atoms with van der Waals surface area (Å²) in [6.07, 6.45) is 0.829. The summed E-state index contributed by atoms with van der Waals surface area (Å²) in [6.45, 7) is 0.612. The second-order valence-corrected chi connectivity index (χ2v) is 3.62. The molecule has 1 heterocycles. The fraction of sp³-hybridized carbons (Fsp3) is 0.400. The standard InChI is InChI=1S/C10H12ClNO2/c1-13-8-3-2-6-7(12)4-5-14-10(6)9(8)11/h2-3,7H,4-5,12H2,1H3/t7-/m0/s1. The van der Waals surface area contributed by atoms with Crippen molar-refractivity contribution >= 4 is 11.6 Å². The second kappa shape index (κ2) is 3.67. The molecule has 1 aliphatic rings. The quantitative estimate of drug-likeness (QED) is 0.777. The third kappa shape index (κ3) is 1.42. The van der Waals surface area contributed by atoms with Gasteiger partial charge in [-0.3, -0.25) is 0 Å². The van der Waals surface area contributed by atoms with E-state index in [0.29, 0.717) is 23.1 Å². The summed E-state index contributed by atoms with van der Waals surface area (Å²) < 4.78 is 10.6. The smallest absolute Gasteiger partial charge is 0.146 e. The van der Waals surface area contributed by atoms with Gasteiger partial charge in [-0.15, -0.1) is 0 Å². The van der Waals surface area contributed by atoms with Crippen LogP contribution in [0.4, 0.5) is 0 Å². The number of hydrogen-bond acceptors (Lipinski definition) is 3. The Balaban J connectivity index is 2.52. The predicted octanol–water partition coefficient (Wildman–Crippen LogP) is 2.13. The molecule has 1 atom stereocenters. The van der Waals surface area contributed by atoms with Crippen LogP contribution in [0.1, 0.15) is 18.0 Å². The highest BCUT2D eigenvalue weighted by Crippen LogP contribution is 2.41. The van der Waals surface area contributed by atoms with Crippen molar-refractivity contribution in [3.63, 3.8) is 0 Å². The summed E-state index contributed by atoms with van der Waals surface area (Å²) in [6, 6.07) is 3.74. The molecule has 0 unspecified atom stereocenters. The highest BCUT2D eigenvalue weighted by molar-refractivity contribution is 6.33. The summed E-state index contributed by atoms with van der Waals surface area (Å²) in [5.41, 5.74) is 6.89. The lowest BCUT2D eigenvalue weighted by Gasteiger charge is -2.24. The molecule has 0 amide bonds. The Morgan fingerprint density at radius 3 is 3.07 bits per heavy atom. The van der Waals surface area contributed by atoms with Gasteiger partial charge in [0.1, 0.15) is 16.5 Å². The second-order valence-electron chi connectivity index (χ2n) is 3.24. The molecule has 1 aliphatic heterocycles. The van der Waals surface area contributed by atoms with Crippen LogP contribution in [0.25, 0.3) is 0 Å². The molecule has 0 saturated heterocycles. The Kier molecular flexibility index (Phi) is 2.52. The van der Waals surface area contributed by atoms with E-state index >= 15 is 0 Å². The molecule has 0 spiro atoms. The Labute approximate surface area is 87.8 Å². The third-order valence-electron chi connectivity index (χ3n) is 2.39. The number of fused-ring (bicyclic) bond motifs is 1. The normalized spacial score (nSPS) is 19.8. The topological polar surface area (TPSA) is 44.5 Å². The van der Waals surface area contributed by atoms with Gasteiger partial charge >= 0.3 is 0 Å². The summed E-state index contributed by atoms with van der Waals surface area (Å²) in [7, 11) is 1.58. The average Bonchev–Trinajstić information content (AvgIpc) is 2.20. The van der Waals surface area contributed by atoms with Gasteiger partial charge in [0.15, 0.2) is 0 Å². The van der Waals surface area contributed by atoms with Crippen LogP contribution in [0.15, 0.2) is 12.1 Å². The minimum absolute atomic E-state index is 0.0159. The fourth-order valence-electron chi connectivity index (χ4n) is 1.59. The van der Waals surface area contributed by atoms with Crippen molar-refractivity contribution in [3.05, 3.63) is 22.7 Å². The fourth-order valence-corrected chi connectivity index (χ4v) is 1.90. The van der Waals surface area contributed by atoms with Crippen molar-refractivity contribution in [2.75, 3.05) is 13.7 Å². The Morgan fingerprint density at radius 2 is 2.36 bits per heavy atom. The van der Waals surface area contributed by atoms with Crippen LogP contribution in [0.2, 0.25) is 5.02 Å². The minimum atomic E-state index is 0.0159. The van der Waals surface area contributed by atoms with E-state index in [0.717, 1.165) is 12.0 Å². The van der Waals surface area contributed by atoms with Crippen LogP contribution in [0, 0.1) is 0 Å². The summed E-state index contributed by atoms with van der Waals surface area (Å²) >= 11 is 6.09. The van der Waals surface area contributed by atoms with Gasteiger partial charge in [-0.2, -0.15) is 0 Å². The first-order valence-corrected chi connectivity index (χ1v) is 4.86. The molecule has 2 N–H and O–H groups in total. The molecule has 0 aromatic heterocycles. The number of hydrogen-bond donors (Lipinski definition) is 1. The maximum absolute atomic E-state index is 6.09.